The summed E-state index contributed by atoms with van der Waals surface area (Å²) in [5.74, 6) is 2.35. The molecule has 0 aromatic carbocycles. The first-order valence-electron chi connectivity index (χ1n) is 12.8. The molecule has 0 aliphatic heterocycles. The van der Waals surface area contributed by atoms with Crippen molar-refractivity contribution in [2.24, 2.45) is 0 Å². The van der Waals surface area contributed by atoms with Gasteiger partial charge in [0, 0.05) is 25.0 Å². The molecule has 0 spiro atoms. The van der Waals surface area contributed by atoms with Crippen LogP contribution in [0.25, 0.3) is 22.6 Å². The third-order valence-corrected chi connectivity index (χ3v) is 6.59. The number of hydrogen-bond acceptors (Lipinski definition) is 9. The van der Waals surface area contributed by atoms with Gasteiger partial charge in [-0.25, -0.2) is 29.7 Å². The SMILES string of the molecule is CCn1c(-c2cnc(C)nc2)nc2c(NC3CCc4c(c(C(C)C)nn4C(=O)OC(C)C)C3)ncnc21. The minimum atomic E-state index is -0.417. The molecule has 37 heavy (non-hydrogen) atoms. The van der Waals surface area contributed by atoms with Gasteiger partial charge in [0.15, 0.2) is 17.0 Å². The van der Waals surface area contributed by atoms with Gasteiger partial charge in [-0.2, -0.15) is 9.78 Å². The van der Waals surface area contributed by atoms with Gasteiger partial charge in [0.25, 0.3) is 0 Å². The van der Waals surface area contributed by atoms with Crippen molar-refractivity contribution in [1.82, 2.24) is 39.3 Å². The maximum atomic E-state index is 12.7. The van der Waals surface area contributed by atoms with Crippen molar-refractivity contribution in [3.8, 4) is 11.4 Å². The fourth-order valence-electron chi connectivity index (χ4n) is 4.90. The van der Waals surface area contributed by atoms with Crippen LogP contribution in [-0.4, -0.2) is 57.5 Å². The molecule has 0 radical (unpaired) electrons. The van der Waals surface area contributed by atoms with Gasteiger partial charge in [-0.1, -0.05) is 13.8 Å². The lowest BCUT2D eigenvalue weighted by atomic mass is 9.89. The molecule has 0 fully saturated rings. The first kappa shape index (κ1) is 24.8. The van der Waals surface area contributed by atoms with Crippen LogP contribution in [0.2, 0.25) is 0 Å². The second kappa shape index (κ2) is 9.87. The normalized spacial score (nSPS) is 15.4. The Morgan fingerprint density at radius 1 is 1.16 bits per heavy atom. The van der Waals surface area contributed by atoms with Crippen LogP contribution >= 0.6 is 0 Å². The predicted octanol–water partition coefficient (Wildman–Crippen LogP) is 4.29. The van der Waals surface area contributed by atoms with Gasteiger partial charge in [-0.15, -0.1) is 0 Å². The average Bonchev–Trinajstić information content (AvgIpc) is 3.43. The minimum Gasteiger partial charge on any atom is -0.445 e. The minimum absolute atomic E-state index is 0.111. The molecule has 0 amide bonds. The van der Waals surface area contributed by atoms with Crippen LogP contribution in [0.15, 0.2) is 18.7 Å². The van der Waals surface area contributed by atoms with Crippen molar-refractivity contribution in [3.05, 3.63) is 41.5 Å². The van der Waals surface area contributed by atoms with Gasteiger partial charge in [-0.3, -0.25) is 0 Å². The lowest BCUT2D eigenvalue weighted by Gasteiger charge is -2.25. The number of imidazole rings is 1. The molecular weight excluding hydrogens is 470 g/mol. The molecule has 0 saturated carbocycles. The highest BCUT2D eigenvalue weighted by Crippen LogP contribution is 2.32. The maximum Gasteiger partial charge on any atom is 0.435 e. The van der Waals surface area contributed by atoms with E-state index in [2.05, 4.69) is 55.7 Å². The molecule has 1 aliphatic rings. The van der Waals surface area contributed by atoms with Crippen molar-refractivity contribution >= 4 is 23.1 Å². The van der Waals surface area contributed by atoms with Crippen LogP contribution in [0, 0.1) is 6.92 Å². The summed E-state index contributed by atoms with van der Waals surface area (Å²) in [5.41, 5.74) is 5.30. The molecule has 5 rings (SSSR count). The smallest absolute Gasteiger partial charge is 0.435 e. The predicted molar refractivity (Wildman–Crippen MR) is 140 cm³/mol. The first-order chi connectivity index (χ1) is 17.8. The highest BCUT2D eigenvalue weighted by atomic mass is 16.6. The third-order valence-electron chi connectivity index (χ3n) is 6.59. The van der Waals surface area contributed by atoms with Gasteiger partial charge in [0.1, 0.15) is 18.0 Å². The quantitative estimate of drug-likeness (QED) is 0.410. The summed E-state index contributed by atoms with van der Waals surface area (Å²) in [6.45, 7) is 12.5. The van der Waals surface area contributed by atoms with Gasteiger partial charge in [0.2, 0.25) is 0 Å². The molecule has 0 bridgehead atoms. The fraction of sp³-hybridized carbons (Fsp3) is 0.500. The summed E-state index contributed by atoms with van der Waals surface area (Å²) in [6, 6.07) is 0.111. The van der Waals surface area contributed by atoms with E-state index in [1.165, 1.54) is 4.68 Å². The Morgan fingerprint density at radius 3 is 2.59 bits per heavy atom. The zero-order valence-corrected chi connectivity index (χ0v) is 22.2. The van der Waals surface area contributed by atoms with Gasteiger partial charge < -0.3 is 14.6 Å². The zero-order valence-electron chi connectivity index (χ0n) is 22.2. The number of rotatable bonds is 6. The van der Waals surface area contributed by atoms with E-state index in [1.807, 2.05) is 20.8 Å². The number of ether oxygens (including phenoxy) is 1. The molecule has 1 atom stereocenters. The van der Waals surface area contributed by atoms with E-state index in [-0.39, 0.29) is 18.1 Å². The summed E-state index contributed by atoms with van der Waals surface area (Å²) in [4.78, 5) is 35.4. The Labute approximate surface area is 215 Å². The lowest BCUT2D eigenvalue weighted by molar-refractivity contribution is 0.113. The van der Waals surface area contributed by atoms with Crippen molar-refractivity contribution in [3.63, 3.8) is 0 Å². The molecule has 1 aliphatic carbocycles. The Morgan fingerprint density at radius 2 is 1.92 bits per heavy atom. The first-order valence-corrected chi connectivity index (χ1v) is 12.8. The molecule has 4 heterocycles. The molecule has 4 aromatic heterocycles. The van der Waals surface area contributed by atoms with Crippen molar-refractivity contribution in [1.29, 1.82) is 0 Å². The van der Waals surface area contributed by atoms with E-state index in [0.29, 0.717) is 30.1 Å². The van der Waals surface area contributed by atoms with Crippen LogP contribution in [0.1, 0.15) is 69.7 Å². The highest BCUT2D eigenvalue weighted by molar-refractivity contribution is 5.86. The van der Waals surface area contributed by atoms with Crippen LogP contribution in [0.5, 0.6) is 0 Å². The summed E-state index contributed by atoms with van der Waals surface area (Å²) in [5, 5.41) is 8.28. The molecule has 0 saturated heterocycles. The summed E-state index contributed by atoms with van der Waals surface area (Å²) >= 11 is 0. The monoisotopic (exact) mass is 503 g/mol. The topological polar surface area (TPSA) is 126 Å². The Hall–Kier alpha value is -3.89. The number of fused-ring (bicyclic) bond motifs is 2. The number of anilines is 1. The number of carbonyl (C=O) groups is 1. The Kier molecular flexibility index (Phi) is 6.61. The number of hydrogen-bond donors (Lipinski definition) is 1. The second-order valence-electron chi connectivity index (χ2n) is 9.99. The highest BCUT2D eigenvalue weighted by Gasteiger charge is 2.31. The van der Waals surface area contributed by atoms with Crippen LogP contribution < -0.4 is 5.32 Å². The number of aryl methyl sites for hydroxylation is 2. The molecule has 1 unspecified atom stereocenters. The van der Waals surface area contributed by atoms with Gasteiger partial charge in [0.05, 0.1) is 23.1 Å². The van der Waals surface area contributed by atoms with E-state index in [0.717, 1.165) is 46.8 Å². The Bertz CT molecular complexity index is 1440. The third kappa shape index (κ3) is 4.65. The molecule has 194 valence electrons. The Balaban J connectivity index is 1.47. The maximum absolute atomic E-state index is 12.7. The number of nitrogens with zero attached hydrogens (tertiary/aromatic N) is 8. The number of nitrogens with one attached hydrogen (secondary N) is 1. The van der Waals surface area contributed by atoms with Crippen LogP contribution in [0.3, 0.4) is 0 Å². The van der Waals surface area contributed by atoms with Crippen LogP contribution in [0.4, 0.5) is 10.6 Å². The van der Waals surface area contributed by atoms with Crippen molar-refractivity contribution in [2.45, 2.75) is 85.4 Å². The van der Waals surface area contributed by atoms with E-state index in [4.69, 9.17) is 9.72 Å². The van der Waals surface area contributed by atoms with Gasteiger partial charge >= 0.3 is 6.09 Å². The molecule has 4 aromatic rings. The zero-order chi connectivity index (χ0) is 26.3. The molecule has 11 nitrogen and oxygen atoms in total. The summed E-state index contributed by atoms with van der Waals surface area (Å²) in [6.07, 6.45) is 6.79. The largest absolute Gasteiger partial charge is 0.445 e. The molecular formula is C26H33N9O2. The number of aromatic nitrogens is 8. The lowest BCUT2D eigenvalue weighted by Crippen LogP contribution is -2.30. The van der Waals surface area contributed by atoms with Crippen LogP contribution in [-0.2, 0) is 24.1 Å². The standard InChI is InChI=1S/C26H33N9O2/c1-7-34-24(17-11-27-16(6)28-12-17)32-22-23(29-13-30-25(22)34)31-18-8-9-20-19(10-18)21(14(2)3)33-35(20)26(36)37-15(4)5/h11-15,18H,7-10H2,1-6H3,(H,29,30,31). The average molecular weight is 504 g/mol. The molecule has 1 N–H and O–H groups in total. The van der Waals surface area contributed by atoms with Crippen molar-refractivity contribution in [2.75, 3.05) is 5.32 Å². The second-order valence-corrected chi connectivity index (χ2v) is 9.99. The van der Waals surface area contributed by atoms with E-state index in [1.54, 1.807) is 18.7 Å². The fourth-order valence-corrected chi connectivity index (χ4v) is 4.90. The summed E-state index contributed by atoms with van der Waals surface area (Å²) in [7, 11) is 0. The summed E-state index contributed by atoms with van der Waals surface area (Å²) < 4.78 is 8.96. The molecule has 11 heteroatoms. The van der Waals surface area contributed by atoms with Crippen molar-refractivity contribution < 1.29 is 9.53 Å². The van der Waals surface area contributed by atoms with E-state index >= 15 is 0 Å². The van der Waals surface area contributed by atoms with E-state index < -0.39 is 6.09 Å². The van der Waals surface area contributed by atoms with E-state index in [9.17, 15) is 4.79 Å². The number of carbonyl (C=O) groups excluding carboxylic acids is 1. The van der Waals surface area contributed by atoms with Gasteiger partial charge in [-0.05, 0) is 58.4 Å².